The van der Waals surface area contributed by atoms with E-state index in [1.165, 1.54) is 8.61 Å². The number of aryl methyl sites for hydroxylation is 2. The van der Waals surface area contributed by atoms with Gasteiger partial charge >= 0.3 is 0 Å². The van der Waals surface area contributed by atoms with Crippen LogP contribution in [0.1, 0.15) is 30.8 Å². The maximum atomic E-state index is 12.6. The Morgan fingerprint density at radius 2 is 1.68 bits per heavy atom. The highest BCUT2D eigenvalue weighted by Crippen LogP contribution is 2.16. The summed E-state index contributed by atoms with van der Waals surface area (Å²) in [5.41, 5.74) is 2.83. The lowest BCUT2D eigenvalue weighted by molar-refractivity contribution is -0.131. The standard InChI is InChI=1S/C16H29N5O3S/c1-6-20(7-2)25(23,24)21-10-8-19(9-11-21)16(22)12-15-13(3)17-18(5)14(15)4/h6-12H2,1-5H3. The van der Waals surface area contributed by atoms with Crippen molar-refractivity contribution in [3.63, 3.8) is 0 Å². The van der Waals surface area contributed by atoms with Crippen LogP contribution in [0, 0.1) is 13.8 Å². The van der Waals surface area contributed by atoms with E-state index < -0.39 is 10.2 Å². The van der Waals surface area contributed by atoms with Crippen molar-refractivity contribution < 1.29 is 13.2 Å². The maximum absolute atomic E-state index is 12.6. The number of hydrogen-bond acceptors (Lipinski definition) is 4. The van der Waals surface area contributed by atoms with Crippen LogP contribution in [-0.4, -0.2) is 76.9 Å². The van der Waals surface area contributed by atoms with E-state index in [-0.39, 0.29) is 5.91 Å². The summed E-state index contributed by atoms with van der Waals surface area (Å²) < 4.78 is 29.8. The number of rotatable bonds is 6. The van der Waals surface area contributed by atoms with E-state index in [1.807, 2.05) is 34.7 Å². The van der Waals surface area contributed by atoms with Gasteiger partial charge in [-0.05, 0) is 13.8 Å². The fourth-order valence-corrected chi connectivity index (χ4v) is 4.82. The van der Waals surface area contributed by atoms with Crippen LogP contribution in [0.3, 0.4) is 0 Å². The zero-order chi connectivity index (χ0) is 18.8. The van der Waals surface area contributed by atoms with Crippen LogP contribution in [0.5, 0.6) is 0 Å². The zero-order valence-corrected chi connectivity index (χ0v) is 16.6. The van der Waals surface area contributed by atoms with Crippen molar-refractivity contribution in [2.75, 3.05) is 39.3 Å². The molecule has 142 valence electrons. The van der Waals surface area contributed by atoms with Crippen molar-refractivity contribution in [2.45, 2.75) is 34.1 Å². The zero-order valence-electron chi connectivity index (χ0n) is 15.8. The Kier molecular flexibility index (Phi) is 6.23. The highest BCUT2D eigenvalue weighted by Gasteiger charge is 2.32. The summed E-state index contributed by atoms with van der Waals surface area (Å²) >= 11 is 0. The summed E-state index contributed by atoms with van der Waals surface area (Å²) in [5.74, 6) is 0.0269. The monoisotopic (exact) mass is 371 g/mol. The molecule has 1 aliphatic rings. The van der Waals surface area contributed by atoms with E-state index in [1.54, 1.807) is 9.58 Å². The van der Waals surface area contributed by atoms with Gasteiger partial charge in [0.25, 0.3) is 10.2 Å². The van der Waals surface area contributed by atoms with Crippen molar-refractivity contribution in [3.8, 4) is 0 Å². The molecule has 1 fully saturated rings. The molecule has 2 rings (SSSR count). The first kappa shape index (κ1) is 19.9. The quantitative estimate of drug-likeness (QED) is 0.721. The number of amides is 1. The van der Waals surface area contributed by atoms with Gasteiger partial charge in [0, 0.05) is 57.6 Å². The molecule has 0 radical (unpaired) electrons. The average Bonchev–Trinajstić information content (AvgIpc) is 2.82. The highest BCUT2D eigenvalue weighted by molar-refractivity contribution is 7.86. The molecular formula is C16H29N5O3S. The predicted molar refractivity (Wildman–Crippen MR) is 96.4 cm³/mol. The topological polar surface area (TPSA) is 78.8 Å². The lowest BCUT2D eigenvalue weighted by Crippen LogP contribution is -2.54. The van der Waals surface area contributed by atoms with Gasteiger partial charge in [-0.15, -0.1) is 0 Å². The van der Waals surface area contributed by atoms with E-state index in [4.69, 9.17) is 0 Å². The molecule has 1 aromatic heterocycles. The molecule has 0 atom stereocenters. The van der Waals surface area contributed by atoms with Crippen molar-refractivity contribution in [3.05, 3.63) is 17.0 Å². The molecule has 0 N–H and O–H groups in total. The van der Waals surface area contributed by atoms with Gasteiger partial charge in [-0.1, -0.05) is 13.8 Å². The molecular weight excluding hydrogens is 342 g/mol. The fraction of sp³-hybridized carbons (Fsp3) is 0.750. The SMILES string of the molecule is CCN(CC)S(=O)(=O)N1CCN(C(=O)Cc2c(C)nn(C)c2C)CC1. The molecule has 1 aliphatic heterocycles. The fourth-order valence-electron chi connectivity index (χ4n) is 3.22. The smallest absolute Gasteiger partial charge is 0.282 e. The third-order valence-electron chi connectivity index (χ3n) is 4.94. The van der Waals surface area contributed by atoms with Gasteiger partial charge in [0.15, 0.2) is 0 Å². The van der Waals surface area contributed by atoms with Crippen LogP contribution in [-0.2, 0) is 28.5 Å². The van der Waals surface area contributed by atoms with Gasteiger partial charge in [0.1, 0.15) is 0 Å². The third kappa shape index (κ3) is 4.04. The Balaban J connectivity index is 1.99. The highest BCUT2D eigenvalue weighted by atomic mass is 32.2. The van der Waals surface area contributed by atoms with Crippen LogP contribution in [0.15, 0.2) is 0 Å². The van der Waals surface area contributed by atoms with Crippen molar-refractivity contribution in [1.82, 2.24) is 23.3 Å². The first-order valence-corrected chi connectivity index (χ1v) is 10.1. The summed E-state index contributed by atoms with van der Waals surface area (Å²) in [7, 11) is -1.56. The minimum absolute atomic E-state index is 0.0269. The predicted octanol–water partition coefficient (Wildman–Crippen LogP) is 0.310. The first-order chi connectivity index (χ1) is 11.7. The second-order valence-electron chi connectivity index (χ2n) is 6.32. The number of carbonyl (C=O) groups is 1. The maximum Gasteiger partial charge on any atom is 0.282 e. The summed E-state index contributed by atoms with van der Waals surface area (Å²) in [6.45, 7) is 9.98. The van der Waals surface area contributed by atoms with Gasteiger partial charge in [-0.2, -0.15) is 22.1 Å². The van der Waals surface area contributed by atoms with Gasteiger partial charge in [-0.25, -0.2) is 0 Å². The van der Waals surface area contributed by atoms with E-state index in [0.717, 1.165) is 17.0 Å². The molecule has 0 aliphatic carbocycles. The third-order valence-corrected chi connectivity index (χ3v) is 7.12. The second-order valence-corrected chi connectivity index (χ2v) is 8.25. The Morgan fingerprint density at radius 1 is 1.12 bits per heavy atom. The summed E-state index contributed by atoms with van der Waals surface area (Å²) in [6.07, 6.45) is 0.314. The molecule has 0 bridgehead atoms. The van der Waals surface area contributed by atoms with Gasteiger partial charge in [0.05, 0.1) is 12.1 Å². The van der Waals surface area contributed by atoms with Crippen LogP contribution < -0.4 is 0 Å². The number of hydrogen-bond donors (Lipinski definition) is 0. The number of nitrogens with zero attached hydrogens (tertiary/aromatic N) is 5. The summed E-state index contributed by atoms with van der Waals surface area (Å²) in [4.78, 5) is 14.3. The van der Waals surface area contributed by atoms with E-state index >= 15 is 0 Å². The number of aromatic nitrogens is 2. The molecule has 1 saturated heterocycles. The Hall–Kier alpha value is -1.45. The normalized spacial score (nSPS) is 16.6. The molecule has 0 spiro atoms. The minimum Gasteiger partial charge on any atom is -0.340 e. The van der Waals surface area contributed by atoms with Crippen LogP contribution in [0.25, 0.3) is 0 Å². The molecule has 0 saturated carbocycles. The second kappa shape index (κ2) is 7.84. The molecule has 1 aromatic rings. The molecule has 1 amide bonds. The van der Waals surface area contributed by atoms with Crippen LogP contribution >= 0.6 is 0 Å². The van der Waals surface area contributed by atoms with Crippen LogP contribution in [0.4, 0.5) is 0 Å². The largest absolute Gasteiger partial charge is 0.340 e. The van der Waals surface area contributed by atoms with Crippen molar-refractivity contribution in [1.29, 1.82) is 0 Å². The van der Waals surface area contributed by atoms with Gasteiger partial charge < -0.3 is 4.90 Å². The molecule has 25 heavy (non-hydrogen) atoms. The van der Waals surface area contributed by atoms with Gasteiger partial charge in [-0.3, -0.25) is 9.48 Å². The molecule has 2 heterocycles. The average molecular weight is 372 g/mol. The first-order valence-electron chi connectivity index (χ1n) is 8.74. The molecule has 9 heteroatoms. The Labute approximate surface area is 150 Å². The molecule has 8 nitrogen and oxygen atoms in total. The molecule has 0 aromatic carbocycles. The lowest BCUT2D eigenvalue weighted by Gasteiger charge is -2.36. The summed E-state index contributed by atoms with van der Waals surface area (Å²) in [5, 5.41) is 4.34. The number of carbonyl (C=O) groups excluding carboxylic acids is 1. The van der Waals surface area contributed by atoms with E-state index in [2.05, 4.69) is 5.10 Å². The van der Waals surface area contributed by atoms with Gasteiger partial charge in [0.2, 0.25) is 5.91 Å². The van der Waals surface area contributed by atoms with Crippen molar-refractivity contribution >= 4 is 16.1 Å². The summed E-state index contributed by atoms with van der Waals surface area (Å²) in [6, 6.07) is 0. The minimum atomic E-state index is -3.43. The van der Waals surface area contributed by atoms with E-state index in [9.17, 15) is 13.2 Å². The number of piperazine rings is 1. The molecule has 0 unspecified atom stereocenters. The van der Waals surface area contributed by atoms with E-state index in [0.29, 0.717) is 45.7 Å². The Morgan fingerprint density at radius 3 is 2.12 bits per heavy atom. The lowest BCUT2D eigenvalue weighted by atomic mass is 10.1. The van der Waals surface area contributed by atoms with Crippen LogP contribution in [0.2, 0.25) is 0 Å². The Bertz CT molecular complexity index is 716. The van der Waals surface area contributed by atoms with Crippen molar-refractivity contribution in [2.24, 2.45) is 7.05 Å².